The van der Waals surface area contributed by atoms with Gasteiger partial charge in [-0.05, 0) is 37.1 Å². The fraction of sp³-hybridized carbons (Fsp3) is 0.211. The van der Waals surface area contributed by atoms with Crippen molar-refractivity contribution in [3.8, 4) is 28.6 Å². The monoisotopic (exact) mass is 335 g/mol. The van der Waals surface area contributed by atoms with E-state index >= 15 is 0 Å². The lowest BCUT2D eigenvalue weighted by Gasteiger charge is -2.03. The maximum Gasteiger partial charge on any atom is 0.262 e. The highest BCUT2D eigenvalue weighted by molar-refractivity contribution is 5.95. The van der Waals surface area contributed by atoms with E-state index in [9.17, 15) is 4.79 Å². The first-order valence-electron chi connectivity index (χ1n) is 8.13. The van der Waals surface area contributed by atoms with Gasteiger partial charge < -0.3 is 14.6 Å². The molecule has 1 aliphatic carbocycles. The Kier molecular flexibility index (Phi) is 3.93. The molecule has 1 fully saturated rings. The van der Waals surface area contributed by atoms with Crippen LogP contribution in [0.5, 0.6) is 5.75 Å². The second-order valence-electron chi connectivity index (χ2n) is 5.95. The third-order valence-corrected chi connectivity index (χ3v) is 4.08. The van der Waals surface area contributed by atoms with Crippen LogP contribution in [0.3, 0.4) is 0 Å². The fourth-order valence-electron chi connectivity index (χ4n) is 2.54. The highest BCUT2D eigenvalue weighted by Gasteiger charge is 2.23. The number of carbonyl (C=O) groups is 1. The van der Waals surface area contributed by atoms with Crippen molar-refractivity contribution in [2.24, 2.45) is 0 Å². The van der Waals surface area contributed by atoms with Crippen molar-refractivity contribution in [1.29, 1.82) is 0 Å². The van der Waals surface area contributed by atoms with Gasteiger partial charge in [0.2, 0.25) is 5.82 Å². The first kappa shape index (κ1) is 15.4. The topological polar surface area (TPSA) is 77.2 Å². The summed E-state index contributed by atoms with van der Waals surface area (Å²) >= 11 is 0. The Hall–Kier alpha value is -3.15. The predicted molar refractivity (Wildman–Crippen MR) is 92.2 cm³/mol. The van der Waals surface area contributed by atoms with Gasteiger partial charge in [0.1, 0.15) is 5.75 Å². The van der Waals surface area contributed by atoms with Crippen LogP contribution in [0.2, 0.25) is 0 Å². The van der Waals surface area contributed by atoms with Crippen molar-refractivity contribution in [2.45, 2.75) is 18.9 Å². The molecule has 1 aromatic heterocycles. The fourth-order valence-corrected chi connectivity index (χ4v) is 2.54. The standard InChI is InChI=1S/C19H17N3O3/c1-24-16-5-3-2-4-15(16)19-21-17(22-25-19)12-6-8-13(9-7-12)18(23)20-14-10-11-14/h2-9,14H,10-11H2,1H3,(H,20,23). The predicted octanol–water partition coefficient (Wildman–Crippen LogP) is 3.30. The Morgan fingerprint density at radius 1 is 1.16 bits per heavy atom. The maximum atomic E-state index is 12.0. The molecule has 1 saturated carbocycles. The van der Waals surface area contributed by atoms with Crippen molar-refractivity contribution in [2.75, 3.05) is 7.11 Å². The van der Waals surface area contributed by atoms with Gasteiger partial charge in [-0.3, -0.25) is 4.79 Å². The van der Waals surface area contributed by atoms with Crippen LogP contribution in [0.1, 0.15) is 23.2 Å². The molecule has 0 atom stereocenters. The van der Waals surface area contributed by atoms with Gasteiger partial charge in [-0.25, -0.2) is 0 Å². The lowest BCUT2D eigenvalue weighted by Crippen LogP contribution is -2.25. The number of para-hydroxylation sites is 1. The average molecular weight is 335 g/mol. The molecule has 0 aliphatic heterocycles. The summed E-state index contributed by atoms with van der Waals surface area (Å²) in [6, 6.07) is 15.0. The van der Waals surface area contributed by atoms with Crippen LogP contribution >= 0.6 is 0 Å². The van der Waals surface area contributed by atoms with Crippen LogP contribution in [-0.4, -0.2) is 29.2 Å². The molecule has 0 saturated heterocycles. The van der Waals surface area contributed by atoms with Gasteiger partial charge in [-0.2, -0.15) is 4.98 Å². The molecule has 3 aromatic rings. The minimum atomic E-state index is -0.0446. The van der Waals surface area contributed by atoms with E-state index in [4.69, 9.17) is 9.26 Å². The Labute approximate surface area is 144 Å². The number of methoxy groups -OCH3 is 1. The van der Waals surface area contributed by atoms with Crippen molar-refractivity contribution in [3.63, 3.8) is 0 Å². The molecule has 0 unspecified atom stereocenters. The summed E-state index contributed by atoms with van der Waals surface area (Å²) in [6.07, 6.45) is 2.14. The SMILES string of the molecule is COc1ccccc1-c1nc(-c2ccc(C(=O)NC3CC3)cc2)no1. The number of carbonyl (C=O) groups excluding carboxylic acids is 1. The van der Waals surface area contributed by atoms with Crippen LogP contribution in [-0.2, 0) is 0 Å². The van der Waals surface area contributed by atoms with Gasteiger partial charge in [-0.15, -0.1) is 0 Å². The molecule has 1 N–H and O–H groups in total. The summed E-state index contributed by atoms with van der Waals surface area (Å²) in [5, 5.41) is 6.99. The molecule has 0 spiro atoms. The number of aromatic nitrogens is 2. The van der Waals surface area contributed by atoms with E-state index in [1.807, 2.05) is 36.4 Å². The Bertz CT molecular complexity index is 898. The van der Waals surface area contributed by atoms with E-state index in [0.717, 1.165) is 24.0 Å². The van der Waals surface area contributed by atoms with Crippen LogP contribution in [0.25, 0.3) is 22.8 Å². The highest BCUT2D eigenvalue weighted by atomic mass is 16.5. The molecule has 0 bridgehead atoms. The van der Waals surface area contributed by atoms with Gasteiger partial charge in [0.25, 0.3) is 11.8 Å². The highest BCUT2D eigenvalue weighted by Crippen LogP contribution is 2.29. The summed E-state index contributed by atoms with van der Waals surface area (Å²) in [7, 11) is 1.60. The summed E-state index contributed by atoms with van der Waals surface area (Å²) in [4.78, 5) is 16.5. The average Bonchev–Trinajstić information content (AvgIpc) is 3.34. The Morgan fingerprint density at radius 2 is 1.92 bits per heavy atom. The summed E-state index contributed by atoms with van der Waals surface area (Å²) in [6.45, 7) is 0. The minimum Gasteiger partial charge on any atom is -0.496 e. The zero-order valence-corrected chi connectivity index (χ0v) is 13.7. The molecule has 126 valence electrons. The molecule has 0 radical (unpaired) electrons. The Morgan fingerprint density at radius 3 is 2.64 bits per heavy atom. The smallest absolute Gasteiger partial charge is 0.262 e. The molecule has 4 rings (SSSR count). The number of hydrogen-bond donors (Lipinski definition) is 1. The molecule has 1 heterocycles. The van der Waals surface area contributed by atoms with E-state index < -0.39 is 0 Å². The van der Waals surface area contributed by atoms with Crippen molar-refractivity contribution in [1.82, 2.24) is 15.5 Å². The van der Waals surface area contributed by atoms with E-state index in [2.05, 4.69) is 15.5 Å². The van der Waals surface area contributed by atoms with Crippen LogP contribution in [0.15, 0.2) is 53.1 Å². The molecule has 1 aliphatic rings. The van der Waals surface area contributed by atoms with Crippen molar-refractivity contribution >= 4 is 5.91 Å². The van der Waals surface area contributed by atoms with Crippen LogP contribution in [0, 0.1) is 0 Å². The number of hydrogen-bond acceptors (Lipinski definition) is 5. The first-order chi connectivity index (χ1) is 12.2. The van der Waals surface area contributed by atoms with Crippen molar-refractivity contribution in [3.05, 3.63) is 54.1 Å². The van der Waals surface area contributed by atoms with Crippen LogP contribution in [0.4, 0.5) is 0 Å². The third-order valence-electron chi connectivity index (χ3n) is 4.08. The number of nitrogens with zero attached hydrogens (tertiary/aromatic N) is 2. The quantitative estimate of drug-likeness (QED) is 0.774. The second kappa shape index (κ2) is 6.39. The largest absolute Gasteiger partial charge is 0.496 e. The maximum absolute atomic E-state index is 12.0. The van der Waals surface area contributed by atoms with Gasteiger partial charge >= 0.3 is 0 Å². The number of amides is 1. The molecule has 6 nitrogen and oxygen atoms in total. The van der Waals surface area contributed by atoms with E-state index in [1.54, 1.807) is 19.2 Å². The summed E-state index contributed by atoms with van der Waals surface area (Å²) < 4.78 is 10.7. The lowest BCUT2D eigenvalue weighted by atomic mass is 10.1. The number of benzene rings is 2. The molecule has 2 aromatic carbocycles. The van der Waals surface area contributed by atoms with Crippen molar-refractivity contribution < 1.29 is 14.1 Å². The first-order valence-corrected chi connectivity index (χ1v) is 8.13. The summed E-state index contributed by atoms with van der Waals surface area (Å²) in [5.41, 5.74) is 2.15. The zero-order valence-electron chi connectivity index (χ0n) is 13.7. The molecule has 1 amide bonds. The Balaban J connectivity index is 1.56. The molecular formula is C19H17N3O3. The van der Waals surface area contributed by atoms with Gasteiger partial charge in [0.15, 0.2) is 0 Å². The lowest BCUT2D eigenvalue weighted by molar-refractivity contribution is 0.0951. The number of rotatable bonds is 5. The van der Waals surface area contributed by atoms with E-state index in [1.165, 1.54) is 0 Å². The number of nitrogens with one attached hydrogen (secondary N) is 1. The van der Waals surface area contributed by atoms with Gasteiger partial charge in [0, 0.05) is 17.2 Å². The van der Waals surface area contributed by atoms with Gasteiger partial charge in [-0.1, -0.05) is 29.4 Å². The van der Waals surface area contributed by atoms with E-state index in [-0.39, 0.29) is 5.91 Å². The van der Waals surface area contributed by atoms with Crippen LogP contribution < -0.4 is 10.1 Å². The van der Waals surface area contributed by atoms with Gasteiger partial charge in [0.05, 0.1) is 12.7 Å². The second-order valence-corrected chi connectivity index (χ2v) is 5.95. The van der Waals surface area contributed by atoms with E-state index in [0.29, 0.717) is 29.1 Å². The molecule has 6 heteroatoms. The number of ether oxygens (including phenoxy) is 1. The summed E-state index contributed by atoms with van der Waals surface area (Å²) in [5.74, 6) is 1.49. The molecule has 25 heavy (non-hydrogen) atoms. The molecular weight excluding hydrogens is 318 g/mol. The minimum absolute atomic E-state index is 0.0446. The zero-order chi connectivity index (χ0) is 17.2. The normalized spacial score (nSPS) is 13.5. The third kappa shape index (κ3) is 3.24.